The Balaban J connectivity index is 1.50. The summed E-state index contributed by atoms with van der Waals surface area (Å²) >= 11 is 0. The van der Waals surface area contributed by atoms with Gasteiger partial charge in [-0.1, -0.05) is 28.5 Å². The Labute approximate surface area is 158 Å². The topological polar surface area (TPSA) is 105 Å². The summed E-state index contributed by atoms with van der Waals surface area (Å²) in [5.41, 5.74) is 2.01. The third-order valence-corrected chi connectivity index (χ3v) is 4.22. The highest BCUT2D eigenvalue weighted by molar-refractivity contribution is 5.93. The second-order valence-electron chi connectivity index (χ2n) is 6.03. The predicted octanol–water partition coefficient (Wildman–Crippen LogP) is 3.19. The molecule has 0 bridgehead atoms. The van der Waals surface area contributed by atoms with Gasteiger partial charge in [-0.25, -0.2) is 4.98 Å². The van der Waals surface area contributed by atoms with E-state index in [0.717, 1.165) is 16.5 Å². The van der Waals surface area contributed by atoms with Gasteiger partial charge in [-0.05, 0) is 12.1 Å². The van der Waals surface area contributed by atoms with E-state index in [1.54, 1.807) is 30.1 Å². The molecule has 1 aromatic carbocycles. The number of hydrogen-bond donors (Lipinski definition) is 0. The number of fused-ring (bicyclic) bond motifs is 1. The lowest BCUT2D eigenvalue weighted by atomic mass is 10.1. The van der Waals surface area contributed by atoms with Gasteiger partial charge in [-0.2, -0.15) is 10.1 Å². The Morgan fingerprint density at radius 1 is 1.04 bits per heavy atom. The predicted molar refractivity (Wildman–Crippen MR) is 98.4 cm³/mol. The van der Waals surface area contributed by atoms with Crippen LogP contribution in [0.1, 0.15) is 5.76 Å². The fraction of sp³-hybridized carbons (Fsp3) is 0.105. The number of nitrogens with zero attached hydrogens (tertiary/aromatic N) is 6. The van der Waals surface area contributed by atoms with Gasteiger partial charge in [0.15, 0.2) is 11.5 Å². The number of para-hydroxylation sites is 1. The first kappa shape index (κ1) is 16.2. The third-order valence-electron chi connectivity index (χ3n) is 4.22. The standard InChI is InChI=1S/C19H14N6O3/c1-26-17-10-14(13-5-2-3-6-15(13)21-17)18-22-19(28-24-18)16-9-12(27-23-16)11-25-8-4-7-20-25/h2-10H,11H2,1H3. The number of methoxy groups -OCH3 is 1. The van der Waals surface area contributed by atoms with Crippen LogP contribution in [0.5, 0.6) is 5.88 Å². The Morgan fingerprint density at radius 3 is 2.82 bits per heavy atom. The minimum Gasteiger partial charge on any atom is -0.481 e. The van der Waals surface area contributed by atoms with Crippen LogP contribution in [-0.2, 0) is 6.54 Å². The van der Waals surface area contributed by atoms with E-state index in [2.05, 4.69) is 25.4 Å². The quantitative estimate of drug-likeness (QED) is 0.462. The van der Waals surface area contributed by atoms with E-state index in [-0.39, 0.29) is 5.89 Å². The van der Waals surface area contributed by atoms with Crippen molar-refractivity contribution in [2.24, 2.45) is 0 Å². The smallest absolute Gasteiger partial charge is 0.280 e. The average molecular weight is 374 g/mol. The Bertz CT molecular complexity index is 1240. The Morgan fingerprint density at radius 2 is 1.96 bits per heavy atom. The van der Waals surface area contributed by atoms with E-state index >= 15 is 0 Å². The SMILES string of the molecule is COc1cc(-c2noc(-c3cc(Cn4cccn4)on3)n2)c2ccccc2n1. The molecule has 28 heavy (non-hydrogen) atoms. The van der Waals surface area contributed by atoms with Crippen molar-refractivity contribution in [3.8, 4) is 28.9 Å². The lowest BCUT2D eigenvalue weighted by Crippen LogP contribution is -1.97. The van der Waals surface area contributed by atoms with Crippen molar-refractivity contribution in [1.29, 1.82) is 0 Å². The van der Waals surface area contributed by atoms with Crippen LogP contribution >= 0.6 is 0 Å². The molecule has 0 aliphatic heterocycles. The molecule has 4 aromatic heterocycles. The maximum absolute atomic E-state index is 5.41. The molecule has 0 unspecified atom stereocenters. The summed E-state index contributed by atoms with van der Waals surface area (Å²) in [5.74, 6) is 1.80. The van der Waals surface area contributed by atoms with Gasteiger partial charge in [0.2, 0.25) is 11.7 Å². The third kappa shape index (κ3) is 2.88. The number of aromatic nitrogens is 6. The highest BCUT2D eigenvalue weighted by Crippen LogP contribution is 2.30. The summed E-state index contributed by atoms with van der Waals surface area (Å²) in [6, 6.07) is 13.1. The van der Waals surface area contributed by atoms with E-state index in [0.29, 0.717) is 29.7 Å². The maximum Gasteiger partial charge on any atom is 0.280 e. The van der Waals surface area contributed by atoms with Crippen LogP contribution in [0, 0.1) is 0 Å². The molecule has 5 rings (SSSR count). The van der Waals surface area contributed by atoms with Crippen LogP contribution in [0.4, 0.5) is 0 Å². The van der Waals surface area contributed by atoms with Crippen molar-refractivity contribution in [2.45, 2.75) is 6.54 Å². The van der Waals surface area contributed by atoms with E-state index in [9.17, 15) is 0 Å². The summed E-state index contributed by atoms with van der Waals surface area (Å²) in [4.78, 5) is 8.92. The second kappa shape index (κ2) is 6.62. The van der Waals surface area contributed by atoms with Gasteiger partial charge >= 0.3 is 0 Å². The van der Waals surface area contributed by atoms with Gasteiger partial charge in [-0.3, -0.25) is 4.68 Å². The van der Waals surface area contributed by atoms with Gasteiger partial charge in [0.25, 0.3) is 5.89 Å². The van der Waals surface area contributed by atoms with Crippen molar-refractivity contribution in [1.82, 2.24) is 30.1 Å². The Kier molecular flexibility index (Phi) is 3.82. The van der Waals surface area contributed by atoms with Crippen molar-refractivity contribution >= 4 is 10.9 Å². The first-order chi connectivity index (χ1) is 13.8. The lowest BCUT2D eigenvalue weighted by molar-refractivity contribution is 0.368. The van der Waals surface area contributed by atoms with Gasteiger partial charge in [-0.15, -0.1) is 0 Å². The largest absolute Gasteiger partial charge is 0.481 e. The summed E-state index contributed by atoms with van der Waals surface area (Å²) < 4.78 is 17.8. The number of hydrogen-bond acceptors (Lipinski definition) is 8. The minimum absolute atomic E-state index is 0.269. The summed E-state index contributed by atoms with van der Waals surface area (Å²) in [6.07, 6.45) is 3.55. The molecule has 0 spiro atoms. The maximum atomic E-state index is 5.41. The number of ether oxygens (including phenoxy) is 1. The van der Waals surface area contributed by atoms with E-state index < -0.39 is 0 Å². The fourth-order valence-electron chi connectivity index (χ4n) is 2.92. The first-order valence-electron chi connectivity index (χ1n) is 8.51. The van der Waals surface area contributed by atoms with E-state index in [4.69, 9.17) is 13.8 Å². The normalized spacial score (nSPS) is 11.2. The molecule has 0 amide bonds. The van der Waals surface area contributed by atoms with E-state index in [1.165, 1.54) is 0 Å². The van der Waals surface area contributed by atoms with Gasteiger partial charge in [0.1, 0.15) is 6.54 Å². The molecule has 0 aliphatic carbocycles. The molecule has 9 heteroatoms. The second-order valence-corrected chi connectivity index (χ2v) is 6.03. The summed E-state index contributed by atoms with van der Waals surface area (Å²) in [7, 11) is 1.57. The number of rotatable bonds is 5. The molecule has 0 N–H and O–H groups in total. The molecule has 5 aromatic rings. The van der Waals surface area contributed by atoms with E-state index in [1.807, 2.05) is 36.5 Å². The zero-order chi connectivity index (χ0) is 18.9. The first-order valence-corrected chi connectivity index (χ1v) is 8.51. The van der Waals surface area contributed by atoms with Gasteiger partial charge in [0, 0.05) is 35.5 Å². The molecule has 138 valence electrons. The highest BCUT2D eigenvalue weighted by atomic mass is 16.5. The lowest BCUT2D eigenvalue weighted by Gasteiger charge is -2.05. The minimum atomic E-state index is 0.269. The van der Waals surface area contributed by atoms with Crippen LogP contribution in [0.2, 0.25) is 0 Å². The molecule has 0 saturated heterocycles. The average Bonchev–Trinajstić information content (AvgIpc) is 3.49. The van der Waals surface area contributed by atoms with Crippen molar-refractivity contribution in [3.05, 3.63) is 60.6 Å². The molecular weight excluding hydrogens is 360 g/mol. The fourth-order valence-corrected chi connectivity index (χ4v) is 2.92. The monoisotopic (exact) mass is 374 g/mol. The van der Waals surface area contributed by atoms with Crippen LogP contribution in [-0.4, -0.2) is 37.2 Å². The van der Waals surface area contributed by atoms with Crippen LogP contribution in [0.15, 0.2) is 63.9 Å². The molecule has 0 saturated carbocycles. The molecule has 4 heterocycles. The zero-order valence-corrected chi connectivity index (χ0v) is 14.8. The highest BCUT2D eigenvalue weighted by Gasteiger charge is 2.18. The van der Waals surface area contributed by atoms with Crippen LogP contribution < -0.4 is 4.74 Å². The number of pyridine rings is 1. The Hall–Kier alpha value is -4.01. The van der Waals surface area contributed by atoms with Crippen molar-refractivity contribution in [3.63, 3.8) is 0 Å². The van der Waals surface area contributed by atoms with Crippen molar-refractivity contribution < 1.29 is 13.8 Å². The van der Waals surface area contributed by atoms with Crippen LogP contribution in [0.25, 0.3) is 33.9 Å². The molecule has 0 fully saturated rings. The molecule has 0 atom stereocenters. The van der Waals surface area contributed by atoms with Crippen molar-refractivity contribution in [2.75, 3.05) is 7.11 Å². The van der Waals surface area contributed by atoms with Gasteiger partial charge < -0.3 is 13.8 Å². The van der Waals surface area contributed by atoms with Gasteiger partial charge in [0.05, 0.1) is 12.6 Å². The summed E-state index contributed by atoms with van der Waals surface area (Å²) in [6.45, 7) is 0.465. The molecule has 0 aliphatic rings. The molecular formula is C19H14N6O3. The molecule has 9 nitrogen and oxygen atoms in total. The summed E-state index contributed by atoms with van der Waals surface area (Å²) in [5, 5.41) is 13.2. The molecule has 0 radical (unpaired) electrons. The van der Waals surface area contributed by atoms with Crippen LogP contribution in [0.3, 0.4) is 0 Å². The number of benzene rings is 1. The zero-order valence-electron chi connectivity index (χ0n) is 14.8.